The van der Waals surface area contributed by atoms with Gasteiger partial charge in [-0.2, -0.15) is 0 Å². The van der Waals surface area contributed by atoms with E-state index in [2.05, 4.69) is 71.4 Å². The van der Waals surface area contributed by atoms with Crippen molar-refractivity contribution >= 4 is 22.5 Å². The third-order valence-corrected chi connectivity index (χ3v) is 8.83. The summed E-state index contributed by atoms with van der Waals surface area (Å²) in [5.74, 6) is 1.16. The molecule has 6 aromatic rings. The van der Waals surface area contributed by atoms with Gasteiger partial charge in [-0.05, 0) is 59.2 Å². The van der Waals surface area contributed by atoms with E-state index in [0.29, 0.717) is 38.3 Å². The van der Waals surface area contributed by atoms with Gasteiger partial charge in [-0.15, -0.1) is 0 Å². The maximum atomic E-state index is 14.5. The van der Waals surface area contributed by atoms with Crippen molar-refractivity contribution in [2.45, 2.75) is 18.9 Å². The normalized spacial score (nSPS) is 13.9. The summed E-state index contributed by atoms with van der Waals surface area (Å²) in [6.07, 6.45) is 2.53. The third kappa shape index (κ3) is 6.38. The summed E-state index contributed by atoms with van der Waals surface area (Å²) < 4.78 is 23.0. The molecule has 2 heterocycles. The SMILES string of the molecule is O=C(C[C@H](c1cccc(Oc2ccccc2)c1)c1cn(Cc2ccccc2)c2ccccc12)N1CCN(c2ccccc2F)CC1. The lowest BCUT2D eigenvalue weighted by Gasteiger charge is -2.36. The van der Waals surface area contributed by atoms with Crippen molar-refractivity contribution in [1.29, 1.82) is 0 Å². The van der Waals surface area contributed by atoms with Crippen LogP contribution in [0.4, 0.5) is 10.1 Å². The van der Waals surface area contributed by atoms with Gasteiger partial charge >= 0.3 is 0 Å². The van der Waals surface area contributed by atoms with Crippen LogP contribution in [0.5, 0.6) is 11.5 Å². The molecule has 0 N–H and O–H groups in total. The quantitative estimate of drug-likeness (QED) is 0.165. The van der Waals surface area contributed by atoms with Crippen LogP contribution in [0.25, 0.3) is 10.9 Å². The first-order valence-corrected chi connectivity index (χ1v) is 15.8. The molecule has 230 valence electrons. The molecule has 7 rings (SSSR count). The number of amides is 1. The summed E-state index contributed by atoms with van der Waals surface area (Å²) in [6.45, 7) is 3.01. The number of nitrogens with zero attached hydrogens (tertiary/aromatic N) is 3. The zero-order valence-corrected chi connectivity index (χ0v) is 25.6. The Balaban J connectivity index is 1.21. The molecule has 0 saturated carbocycles. The number of piperazine rings is 1. The Bertz CT molecular complexity index is 1930. The third-order valence-electron chi connectivity index (χ3n) is 8.83. The van der Waals surface area contributed by atoms with Crippen LogP contribution in [-0.2, 0) is 11.3 Å². The molecule has 1 aliphatic rings. The second-order valence-corrected chi connectivity index (χ2v) is 11.8. The molecule has 0 bridgehead atoms. The van der Waals surface area contributed by atoms with Crippen LogP contribution < -0.4 is 9.64 Å². The highest BCUT2D eigenvalue weighted by Crippen LogP contribution is 2.37. The summed E-state index contributed by atoms with van der Waals surface area (Å²) in [5, 5.41) is 1.13. The standard InChI is InChI=1S/C40H36FN3O2/c41-37-19-8-10-21-39(37)42-22-24-43(25-23-42)40(45)27-35(31-14-11-17-33(26-31)46-32-15-5-2-6-16-32)36-29-44(28-30-12-3-1-4-13-30)38-20-9-7-18-34(36)38/h1-21,26,29,35H,22-25,27-28H2/t35-/m1/s1. The minimum Gasteiger partial charge on any atom is -0.457 e. The summed E-state index contributed by atoms with van der Waals surface area (Å²) >= 11 is 0. The molecule has 6 heteroatoms. The van der Waals surface area contributed by atoms with Crippen LogP contribution in [0.2, 0.25) is 0 Å². The Morgan fingerprint density at radius 2 is 1.39 bits per heavy atom. The summed E-state index contributed by atoms with van der Waals surface area (Å²) in [5.41, 5.74) is 5.08. The van der Waals surface area contributed by atoms with Crippen LogP contribution in [-0.4, -0.2) is 41.6 Å². The number of hydrogen-bond acceptors (Lipinski definition) is 3. The molecular weight excluding hydrogens is 573 g/mol. The fourth-order valence-electron chi connectivity index (χ4n) is 6.50. The summed E-state index contributed by atoms with van der Waals surface area (Å²) in [6, 6.07) is 43.6. The van der Waals surface area contributed by atoms with Gasteiger partial charge in [0.2, 0.25) is 5.91 Å². The lowest BCUT2D eigenvalue weighted by Crippen LogP contribution is -2.49. The van der Waals surface area contributed by atoms with Crippen molar-refractivity contribution in [1.82, 2.24) is 9.47 Å². The van der Waals surface area contributed by atoms with E-state index in [1.165, 1.54) is 11.6 Å². The second kappa shape index (κ2) is 13.3. The summed E-state index contributed by atoms with van der Waals surface area (Å²) in [4.78, 5) is 18.0. The number of fused-ring (bicyclic) bond motifs is 1. The number of carbonyl (C=O) groups is 1. The van der Waals surface area contributed by atoms with E-state index in [1.807, 2.05) is 64.4 Å². The highest BCUT2D eigenvalue weighted by molar-refractivity contribution is 5.87. The van der Waals surface area contributed by atoms with Gasteiger partial charge in [-0.1, -0.05) is 91.0 Å². The highest BCUT2D eigenvalue weighted by atomic mass is 19.1. The molecular formula is C40H36FN3O2. The predicted octanol–water partition coefficient (Wildman–Crippen LogP) is 8.49. The zero-order chi connectivity index (χ0) is 31.3. The van der Waals surface area contributed by atoms with Crippen LogP contribution in [0.15, 0.2) is 140 Å². The molecule has 0 aliphatic carbocycles. The van der Waals surface area contributed by atoms with Crippen LogP contribution >= 0.6 is 0 Å². The van der Waals surface area contributed by atoms with E-state index in [4.69, 9.17) is 4.74 Å². The van der Waals surface area contributed by atoms with Crippen molar-refractivity contribution in [2.24, 2.45) is 0 Å². The average molecular weight is 610 g/mol. The number of para-hydroxylation sites is 3. The van der Waals surface area contributed by atoms with Crippen molar-refractivity contribution < 1.29 is 13.9 Å². The maximum Gasteiger partial charge on any atom is 0.223 e. The lowest BCUT2D eigenvalue weighted by molar-refractivity contribution is -0.131. The van der Waals surface area contributed by atoms with E-state index in [9.17, 15) is 9.18 Å². The fourth-order valence-corrected chi connectivity index (χ4v) is 6.50. The monoisotopic (exact) mass is 609 g/mol. The molecule has 5 nitrogen and oxygen atoms in total. The Labute approximate surface area is 269 Å². The Hall–Kier alpha value is -5.36. The van der Waals surface area contributed by atoms with Crippen LogP contribution in [0.1, 0.15) is 29.0 Å². The van der Waals surface area contributed by atoms with Crippen LogP contribution in [0.3, 0.4) is 0 Å². The smallest absolute Gasteiger partial charge is 0.223 e. The number of rotatable bonds is 9. The first kappa shape index (κ1) is 29.4. The van der Waals surface area contributed by atoms with Crippen molar-refractivity contribution in [3.63, 3.8) is 0 Å². The van der Waals surface area contributed by atoms with Gasteiger partial charge < -0.3 is 19.1 Å². The Morgan fingerprint density at radius 3 is 2.17 bits per heavy atom. The van der Waals surface area contributed by atoms with Gasteiger partial charge in [0.25, 0.3) is 0 Å². The number of carbonyl (C=O) groups excluding carboxylic acids is 1. The van der Waals surface area contributed by atoms with Gasteiger partial charge in [-0.3, -0.25) is 4.79 Å². The van der Waals surface area contributed by atoms with Gasteiger partial charge in [0, 0.05) is 62.2 Å². The molecule has 1 fully saturated rings. The summed E-state index contributed by atoms with van der Waals surface area (Å²) in [7, 11) is 0. The predicted molar refractivity (Wildman–Crippen MR) is 182 cm³/mol. The highest BCUT2D eigenvalue weighted by Gasteiger charge is 2.28. The number of hydrogen-bond donors (Lipinski definition) is 0. The molecule has 1 saturated heterocycles. The molecule has 1 amide bonds. The van der Waals surface area contributed by atoms with Gasteiger partial charge in [0.1, 0.15) is 17.3 Å². The number of ether oxygens (including phenoxy) is 1. The number of halogens is 1. The van der Waals surface area contributed by atoms with Gasteiger partial charge in [0.15, 0.2) is 0 Å². The van der Waals surface area contributed by atoms with E-state index < -0.39 is 0 Å². The molecule has 1 atom stereocenters. The molecule has 0 spiro atoms. The van der Waals surface area contributed by atoms with E-state index in [1.54, 1.807) is 12.1 Å². The minimum absolute atomic E-state index is 0.0902. The first-order chi connectivity index (χ1) is 22.6. The molecule has 0 unspecified atom stereocenters. The largest absolute Gasteiger partial charge is 0.457 e. The Morgan fingerprint density at radius 1 is 0.717 bits per heavy atom. The molecule has 1 aromatic heterocycles. The minimum atomic E-state index is -0.230. The molecule has 1 aliphatic heterocycles. The van der Waals surface area contributed by atoms with E-state index in [0.717, 1.165) is 40.1 Å². The van der Waals surface area contributed by atoms with Crippen molar-refractivity contribution in [3.8, 4) is 11.5 Å². The van der Waals surface area contributed by atoms with E-state index in [-0.39, 0.29) is 17.6 Å². The fraction of sp³-hybridized carbons (Fsp3) is 0.175. The second-order valence-electron chi connectivity index (χ2n) is 11.8. The topological polar surface area (TPSA) is 37.7 Å². The average Bonchev–Trinajstić information content (AvgIpc) is 3.46. The van der Waals surface area contributed by atoms with Crippen LogP contribution in [0, 0.1) is 5.82 Å². The molecule has 46 heavy (non-hydrogen) atoms. The van der Waals surface area contributed by atoms with Gasteiger partial charge in [-0.25, -0.2) is 4.39 Å². The van der Waals surface area contributed by atoms with E-state index >= 15 is 0 Å². The molecule has 0 radical (unpaired) electrons. The molecule has 5 aromatic carbocycles. The first-order valence-electron chi connectivity index (χ1n) is 15.8. The number of aromatic nitrogens is 1. The number of anilines is 1. The zero-order valence-electron chi connectivity index (χ0n) is 25.6. The van der Waals surface area contributed by atoms with Crippen molar-refractivity contribution in [3.05, 3.63) is 162 Å². The lowest BCUT2D eigenvalue weighted by atomic mass is 9.87. The number of benzene rings is 5. The Kier molecular flexibility index (Phi) is 8.51. The maximum absolute atomic E-state index is 14.5. The van der Waals surface area contributed by atoms with Gasteiger partial charge in [0.05, 0.1) is 5.69 Å². The van der Waals surface area contributed by atoms with Crippen molar-refractivity contribution in [2.75, 3.05) is 31.1 Å².